The highest BCUT2D eigenvalue weighted by molar-refractivity contribution is 5.53. The van der Waals surface area contributed by atoms with Crippen LogP contribution in [-0.4, -0.2) is 18.3 Å². The lowest BCUT2D eigenvalue weighted by Gasteiger charge is -2.16. The van der Waals surface area contributed by atoms with E-state index < -0.39 is 0 Å². The molecule has 3 heteroatoms. The molecule has 0 aliphatic rings. The maximum Gasteiger partial charge on any atom is 0.168 e. The Morgan fingerprint density at radius 1 is 0.818 bits per heavy atom. The van der Waals surface area contributed by atoms with Gasteiger partial charge in [0.2, 0.25) is 0 Å². The first-order valence-electron chi connectivity index (χ1n) is 8.84. The molecule has 0 aromatic heterocycles. The van der Waals surface area contributed by atoms with Crippen LogP contribution in [0.25, 0.3) is 0 Å². The summed E-state index contributed by atoms with van der Waals surface area (Å²) in [6, 6.07) is 3.50. The summed E-state index contributed by atoms with van der Waals surface area (Å²) in [5.74, 6) is 1.77. The molecule has 0 aliphatic carbocycles. The maximum atomic E-state index is 10.1. The van der Waals surface area contributed by atoms with E-state index in [2.05, 4.69) is 6.92 Å². The van der Waals surface area contributed by atoms with Crippen LogP contribution in [0.5, 0.6) is 17.2 Å². The van der Waals surface area contributed by atoms with Gasteiger partial charge in [-0.3, -0.25) is 0 Å². The van der Waals surface area contributed by atoms with Crippen molar-refractivity contribution in [2.45, 2.75) is 72.1 Å². The van der Waals surface area contributed by atoms with E-state index in [-0.39, 0.29) is 0 Å². The summed E-state index contributed by atoms with van der Waals surface area (Å²) in [7, 11) is 0. The van der Waals surface area contributed by atoms with Crippen molar-refractivity contribution < 1.29 is 14.6 Å². The zero-order chi connectivity index (χ0) is 16.2. The number of ether oxygens (including phenoxy) is 2. The quantitative estimate of drug-likeness (QED) is 0.519. The molecule has 0 aliphatic heterocycles. The zero-order valence-electron chi connectivity index (χ0n) is 14.5. The summed E-state index contributed by atoms with van der Waals surface area (Å²) < 4.78 is 11.3. The molecule has 22 heavy (non-hydrogen) atoms. The van der Waals surface area contributed by atoms with Gasteiger partial charge < -0.3 is 14.6 Å². The van der Waals surface area contributed by atoms with Crippen LogP contribution >= 0.6 is 0 Å². The average molecular weight is 308 g/mol. The molecule has 3 nitrogen and oxygen atoms in total. The fraction of sp³-hybridized carbons (Fsp3) is 0.684. The lowest BCUT2D eigenvalue weighted by Crippen LogP contribution is -2.02. The SMILES string of the molecule is CCCCCCCCCc1c(O)ccc(OCC)c1OCC. The first-order chi connectivity index (χ1) is 10.7. The summed E-state index contributed by atoms with van der Waals surface area (Å²) in [4.78, 5) is 0. The third-order valence-electron chi connectivity index (χ3n) is 3.82. The summed E-state index contributed by atoms with van der Waals surface area (Å²) in [5.41, 5.74) is 0.890. The molecule has 1 N–H and O–H groups in total. The van der Waals surface area contributed by atoms with Gasteiger partial charge in [-0.15, -0.1) is 0 Å². The van der Waals surface area contributed by atoms with Gasteiger partial charge in [-0.05, 0) is 38.8 Å². The van der Waals surface area contributed by atoms with Gasteiger partial charge in [0, 0.05) is 5.56 Å². The lowest BCUT2D eigenvalue weighted by atomic mass is 10.0. The fourth-order valence-electron chi connectivity index (χ4n) is 2.67. The highest BCUT2D eigenvalue weighted by Crippen LogP contribution is 2.38. The summed E-state index contributed by atoms with van der Waals surface area (Å²) in [5, 5.41) is 10.1. The summed E-state index contributed by atoms with van der Waals surface area (Å²) in [6.07, 6.45) is 9.68. The van der Waals surface area contributed by atoms with Crippen LogP contribution in [0.1, 0.15) is 71.3 Å². The fourth-order valence-corrected chi connectivity index (χ4v) is 2.67. The molecule has 0 saturated carbocycles. The van der Waals surface area contributed by atoms with Crippen molar-refractivity contribution in [3.63, 3.8) is 0 Å². The standard InChI is InChI=1S/C19H32O3/c1-4-7-8-9-10-11-12-13-16-17(20)14-15-18(21-5-2)19(16)22-6-3/h14-15,20H,4-13H2,1-3H3. The van der Waals surface area contributed by atoms with Crippen molar-refractivity contribution in [2.75, 3.05) is 13.2 Å². The number of aromatic hydroxyl groups is 1. The van der Waals surface area contributed by atoms with Crippen molar-refractivity contribution in [2.24, 2.45) is 0 Å². The monoisotopic (exact) mass is 308 g/mol. The van der Waals surface area contributed by atoms with E-state index in [0.29, 0.717) is 19.0 Å². The molecule has 0 unspecified atom stereocenters. The van der Waals surface area contributed by atoms with E-state index in [0.717, 1.165) is 29.9 Å². The third kappa shape index (κ3) is 6.17. The number of benzene rings is 1. The van der Waals surface area contributed by atoms with Gasteiger partial charge in [0.05, 0.1) is 13.2 Å². The van der Waals surface area contributed by atoms with E-state index in [1.807, 2.05) is 13.8 Å². The molecule has 126 valence electrons. The van der Waals surface area contributed by atoms with Crippen LogP contribution in [0.15, 0.2) is 12.1 Å². The molecule has 1 aromatic rings. The molecule has 0 heterocycles. The molecule has 1 rings (SSSR count). The van der Waals surface area contributed by atoms with Gasteiger partial charge in [0.1, 0.15) is 5.75 Å². The Hall–Kier alpha value is -1.38. The van der Waals surface area contributed by atoms with Gasteiger partial charge in [-0.25, -0.2) is 0 Å². The topological polar surface area (TPSA) is 38.7 Å². The second kappa shape index (κ2) is 11.2. The van der Waals surface area contributed by atoms with Crippen LogP contribution in [0.3, 0.4) is 0 Å². The van der Waals surface area contributed by atoms with E-state index >= 15 is 0 Å². The van der Waals surface area contributed by atoms with Crippen molar-refractivity contribution in [3.8, 4) is 17.2 Å². The molecular formula is C19H32O3. The van der Waals surface area contributed by atoms with E-state index in [9.17, 15) is 5.11 Å². The van der Waals surface area contributed by atoms with E-state index in [4.69, 9.17) is 9.47 Å². The Kier molecular flexibility index (Phi) is 9.52. The predicted molar refractivity (Wildman–Crippen MR) is 92.1 cm³/mol. The number of rotatable bonds is 12. The van der Waals surface area contributed by atoms with Crippen molar-refractivity contribution >= 4 is 0 Å². The Labute approximate surface area is 135 Å². The van der Waals surface area contributed by atoms with Crippen molar-refractivity contribution in [1.82, 2.24) is 0 Å². The van der Waals surface area contributed by atoms with E-state index in [1.165, 1.54) is 38.5 Å². The van der Waals surface area contributed by atoms with Crippen LogP contribution in [0.4, 0.5) is 0 Å². The first kappa shape index (κ1) is 18.7. The molecule has 0 atom stereocenters. The zero-order valence-corrected chi connectivity index (χ0v) is 14.5. The van der Waals surface area contributed by atoms with Crippen LogP contribution in [-0.2, 0) is 6.42 Å². The van der Waals surface area contributed by atoms with E-state index in [1.54, 1.807) is 12.1 Å². The van der Waals surface area contributed by atoms with Crippen LogP contribution < -0.4 is 9.47 Å². The normalized spacial score (nSPS) is 10.7. The molecule has 0 spiro atoms. The van der Waals surface area contributed by atoms with Gasteiger partial charge >= 0.3 is 0 Å². The minimum atomic E-state index is 0.317. The van der Waals surface area contributed by atoms with Crippen LogP contribution in [0, 0.1) is 0 Å². The Morgan fingerprint density at radius 2 is 1.45 bits per heavy atom. The molecule has 1 aromatic carbocycles. The minimum absolute atomic E-state index is 0.317. The number of hydrogen-bond acceptors (Lipinski definition) is 3. The lowest BCUT2D eigenvalue weighted by molar-refractivity contribution is 0.282. The number of phenols is 1. The molecule has 0 fully saturated rings. The van der Waals surface area contributed by atoms with Gasteiger partial charge in [-0.2, -0.15) is 0 Å². The average Bonchev–Trinajstić information content (AvgIpc) is 2.51. The molecule has 0 bridgehead atoms. The minimum Gasteiger partial charge on any atom is -0.508 e. The highest BCUT2D eigenvalue weighted by atomic mass is 16.5. The van der Waals surface area contributed by atoms with Crippen molar-refractivity contribution in [3.05, 3.63) is 17.7 Å². The molecule has 0 saturated heterocycles. The maximum absolute atomic E-state index is 10.1. The predicted octanol–water partition coefficient (Wildman–Crippen LogP) is 5.48. The largest absolute Gasteiger partial charge is 0.508 e. The van der Waals surface area contributed by atoms with Gasteiger partial charge in [0.25, 0.3) is 0 Å². The van der Waals surface area contributed by atoms with Gasteiger partial charge in [0.15, 0.2) is 11.5 Å². The third-order valence-corrected chi connectivity index (χ3v) is 3.82. The number of unbranched alkanes of at least 4 members (excludes halogenated alkanes) is 6. The number of phenolic OH excluding ortho intramolecular Hbond substituents is 1. The smallest absolute Gasteiger partial charge is 0.168 e. The Morgan fingerprint density at radius 3 is 2.09 bits per heavy atom. The molecule has 0 amide bonds. The summed E-state index contributed by atoms with van der Waals surface area (Å²) >= 11 is 0. The molecular weight excluding hydrogens is 276 g/mol. The van der Waals surface area contributed by atoms with Crippen LogP contribution in [0.2, 0.25) is 0 Å². The molecule has 0 radical (unpaired) electrons. The second-order valence-electron chi connectivity index (χ2n) is 5.63. The van der Waals surface area contributed by atoms with Crippen molar-refractivity contribution in [1.29, 1.82) is 0 Å². The second-order valence-corrected chi connectivity index (χ2v) is 5.63. The highest BCUT2D eigenvalue weighted by Gasteiger charge is 2.15. The number of hydrogen-bond donors (Lipinski definition) is 1. The first-order valence-corrected chi connectivity index (χ1v) is 8.84. The van der Waals surface area contributed by atoms with Gasteiger partial charge in [-0.1, -0.05) is 45.4 Å². The Balaban J connectivity index is 2.58. The Bertz CT molecular complexity index is 415. The summed E-state index contributed by atoms with van der Waals surface area (Å²) in [6.45, 7) is 7.33.